The van der Waals surface area contributed by atoms with Crippen molar-refractivity contribution in [3.05, 3.63) is 24.3 Å². The molecule has 0 bridgehead atoms. The minimum absolute atomic E-state index is 0.207. The van der Waals surface area contributed by atoms with Crippen molar-refractivity contribution in [2.75, 3.05) is 5.32 Å². The van der Waals surface area contributed by atoms with Crippen LogP contribution in [-0.4, -0.2) is 32.2 Å². The monoisotopic (exact) mass is 358 g/mol. The van der Waals surface area contributed by atoms with Crippen LogP contribution in [0.2, 0.25) is 0 Å². The summed E-state index contributed by atoms with van der Waals surface area (Å²) in [4.78, 5) is 11.9. The van der Waals surface area contributed by atoms with Gasteiger partial charge in [0.1, 0.15) is 0 Å². The summed E-state index contributed by atoms with van der Waals surface area (Å²) in [6, 6.07) is 5.03. The van der Waals surface area contributed by atoms with Crippen molar-refractivity contribution in [1.82, 2.24) is 5.32 Å². The molecule has 3 atom stereocenters. The quantitative estimate of drug-likeness (QED) is 0.867. The molecule has 1 aromatic rings. The standard InChI is InChI=1S/C16H20F2N2O3S/c17-16(18)24(22,23)12-6-3-5-11(9-12)19-15(21)14-8-10-4-1-2-7-13(10)20-14/h3,5-6,9-10,13-14,16,20H,1-2,4,7-8H2,(H,19,21). The van der Waals surface area contributed by atoms with Crippen LogP contribution in [0.25, 0.3) is 0 Å². The summed E-state index contributed by atoms with van der Waals surface area (Å²) in [6.07, 6.45) is 5.28. The maximum Gasteiger partial charge on any atom is 0.341 e. The molecular weight excluding hydrogens is 338 g/mol. The SMILES string of the molecule is O=C(Nc1cccc(S(=O)(=O)C(F)F)c1)C1CC2CCCCC2N1. The third kappa shape index (κ3) is 3.44. The number of anilines is 1. The summed E-state index contributed by atoms with van der Waals surface area (Å²) in [7, 11) is -4.67. The highest BCUT2D eigenvalue weighted by Crippen LogP contribution is 2.33. The van der Waals surface area contributed by atoms with Crippen LogP contribution in [0.15, 0.2) is 29.2 Å². The van der Waals surface area contributed by atoms with Gasteiger partial charge >= 0.3 is 5.76 Å². The summed E-state index contributed by atoms with van der Waals surface area (Å²) in [6.45, 7) is 0. The number of rotatable bonds is 4. The lowest BCUT2D eigenvalue weighted by atomic mass is 9.85. The van der Waals surface area contributed by atoms with Crippen LogP contribution < -0.4 is 10.6 Å². The molecule has 0 radical (unpaired) electrons. The Morgan fingerprint density at radius 2 is 2.00 bits per heavy atom. The molecule has 2 aliphatic rings. The van der Waals surface area contributed by atoms with E-state index in [4.69, 9.17) is 0 Å². The van der Waals surface area contributed by atoms with Crippen LogP contribution in [0, 0.1) is 5.92 Å². The minimum atomic E-state index is -4.67. The fraction of sp³-hybridized carbons (Fsp3) is 0.562. The Bertz CT molecular complexity index is 710. The number of halogens is 2. The highest BCUT2D eigenvalue weighted by Gasteiger charge is 2.38. The smallest absolute Gasteiger partial charge is 0.325 e. The van der Waals surface area contributed by atoms with Gasteiger partial charge in [-0.05, 0) is 43.4 Å². The van der Waals surface area contributed by atoms with Crippen molar-refractivity contribution in [3.8, 4) is 0 Å². The van der Waals surface area contributed by atoms with E-state index in [1.54, 1.807) is 0 Å². The molecule has 1 heterocycles. The normalized spacial score (nSPS) is 27.0. The van der Waals surface area contributed by atoms with Crippen LogP contribution in [-0.2, 0) is 14.6 Å². The summed E-state index contributed by atoms with van der Waals surface area (Å²) >= 11 is 0. The van der Waals surface area contributed by atoms with Gasteiger partial charge in [-0.3, -0.25) is 4.79 Å². The average molecular weight is 358 g/mol. The zero-order valence-corrected chi connectivity index (χ0v) is 13.9. The molecule has 1 aliphatic carbocycles. The first kappa shape index (κ1) is 17.3. The number of nitrogens with one attached hydrogen (secondary N) is 2. The Kier molecular flexibility index (Phi) is 4.87. The summed E-state index contributed by atoms with van der Waals surface area (Å²) in [5, 5.41) is 5.96. The fourth-order valence-electron chi connectivity index (χ4n) is 3.60. The number of fused-ring (bicyclic) bond motifs is 1. The molecule has 132 valence electrons. The molecule has 2 fully saturated rings. The molecule has 1 saturated heterocycles. The van der Waals surface area contributed by atoms with Gasteiger partial charge in [-0.15, -0.1) is 0 Å². The minimum Gasteiger partial charge on any atom is -0.325 e. The Hall–Kier alpha value is -1.54. The molecule has 1 aliphatic heterocycles. The number of sulfone groups is 1. The second-order valence-electron chi connectivity index (χ2n) is 6.43. The largest absolute Gasteiger partial charge is 0.341 e. The number of carbonyl (C=O) groups is 1. The second kappa shape index (κ2) is 6.76. The zero-order valence-electron chi connectivity index (χ0n) is 13.0. The van der Waals surface area contributed by atoms with Crippen molar-refractivity contribution in [2.45, 2.75) is 54.8 Å². The van der Waals surface area contributed by atoms with E-state index in [1.165, 1.54) is 18.6 Å². The topological polar surface area (TPSA) is 75.3 Å². The van der Waals surface area contributed by atoms with Gasteiger partial charge in [-0.2, -0.15) is 8.78 Å². The lowest BCUT2D eigenvalue weighted by Gasteiger charge is -2.24. The number of hydrogen-bond donors (Lipinski definition) is 2. The Morgan fingerprint density at radius 1 is 1.25 bits per heavy atom. The van der Waals surface area contributed by atoms with Crippen LogP contribution in [0.3, 0.4) is 0 Å². The first-order valence-electron chi connectivity index (χ1n) is 8.07. The molecule has 1 amide bonds. The van der Waals surface area contributed by atoms with Gasteiger partial charge in [0.15, 0.2) is 0 Å². The molecule has 8 heteroatoms. The number of carbonyl (C=O) groups excluding carboxylic acids is 1. The van der Waals surface area contributed by atoms with Crippen LogP contribution in [0.1, 0.15) is 32.1 Å². The predicted molar refractivity (Wildman–Crippen MR) is 85.5 cm³/mol. The fourth-order valence-corrected chi connectivity index (χ4v) is 4.37. The van der Waals surface area contributed by atoms with E-state index < -0.39 is 20.5 Å². The third-order valence-corrected chi connectivity index (χ3v) is 6.22. The van der Waals surface area contributed by atoms with Gasteiger partial charge in [0, 0.05) is 11.7 Å². The van der Waals surface area contributed by atoms with Crippen LogP contribution in [0.4, 0.5) is 14.5 Å². The molecule has 1 aromatic carbocycles. The van der Waals surface area contributed by atoms with Crippen molar-refractivity contribution >= 4 is 21.4 Å². The lowest BCUT2D eigenvalue weighted by Crippen LogP contribution is -2.39. The van der Waals surface area contributed by atoms with E-state index in [9.17, 15) is 22.0 Å². The van der Waals surface area contributed by atoms with Gasteiger partial charge in [-0.25, -0.2) is 8.42 Å². The summed E-state index contributed by atoms with van der Waals surface area (Å²) < 4.78 is 48.3. The van der Waals surface area contributed by atoms with Crippen LogP contribution >= 0.6 is 0 Å². The molecule has 0 aromatic heterocycles. The number of hydrogen-bond acceptors (Lipinski definition) is 4. The van der Waals surface area contributed by atoms with E-state index in [2.05, 4.69) is 10.6 Å². The van der Waals surface area contributed by atoms with Gasteiger partial charge in [-0.1, -0.05) is 18.9 Å². The third-order valence-electron chi connectivity index (χ3n) is 4.84. The van der Waals surface area contributed by atoms with Gasteiger partial charge < -0.3 is 10.6 Å². The second-order valence-corrected chi connectivity index (χ2v) is 8.35. The molecule has 24 heavy (non-hydrogen) atoms. The maximum atomic E-state index is 12.6. The predicted octanol–water partition coefficient (Wildman–Crippen LogP) is 2.54. The maximum absolute atomic E-state index is 12.6. The molecule has 1 saturated carbocycles. The number of benzene rings is 1. The highest BCUT2D eigenvalue weighted by atomic mass is 32.2. The van der Waals surface area contributed by atoms with E-state index in [1.807, 2.05) is 0 Å². The average Bonchev–Trinajstić information content (AvgIpc) is 2.99. The molecule has 5 nitrogen and oxygen atoms in total. The Labute approximate surface area is 139 Å². The molecular formula is C16H20F2N2O3S. The van der Waals surface area contributed by atoms with Gasteiger partial charge in [0.2, 0.25) is 15.7 Å². The Balaban J connectivity index is 1.69. The molecule has 0 spiro atoms. The molecule has 3 unspecified atom stereocenters. The molecule has 2 N–H and O–H groups in total. The zero-order chi connectivity index (χ0) is 17.3. The summed E-state index contributed by atoms with van der Waals surface area (Å²) in [5.74, 6) is -3.24. The molecule has 3 rings (SSSR count). The number of alkyl halides is 2. The van der Waals surface area contributed by atoms with Gasteiger partial charge in [0.25, 0.3) is 0 Å². The highest BCUT2D eigenvalue weighted by molar-refractivity contribution is 7.91. The first-order chi connectivity index (χ1) is 11.4. The van der Waals surface area contributed by atoms with E-state index in [-0.39, 0.29) is 17.6 Å². The van der Waals surface area contributed by atoms with E-state index >= 15 is 0 Å². The van der Waals surface area contributed by atoms with E-state index in [0.29, 0.717) is 12.0 Å². The van der Waals surface area contributed by atoms with Crippen molar-refractivity contribution in [2.24, 2.45) is 5.92 Å². The van der Waals surface area contributed by atoms with Crippen molar-refractivity contribution < 1.29 is 22.0 Å². The summed E-state index contributed by atoms with van der Waals surface area (Å²) in [5.41, 5.74) is 0.207. The van der Waals surface area contributed by atoms with Gasteiger partial charge in [0.05, 0.1) is 10.9 Å². The number of amides is 1. The van der Waals surface area contributed by atoms with Crippen molar-refractivity contribution in [3.63, 3.8) is 0 Å². The van der Waals surface area contributed by atoms with E-state index in [0.717, 1.165) is 37.8 Å². The van der Waals surface area contributed by atoms with Crippen molar-refractivity contribution in [1.29, 1.82) is 0 Å². The Morgan fingerprint density at radius 3 is 2.71 bits per heavy atom. The first-order valence-corrected chi connectivity index (χ1v) is 9.61. The lowest BCUT2D eigenvalue weighted by molar-refractivity contribution is -0.117. The van der Waals surface area contributed by atoms with Crippen LogP contribution in [0.5, 0.6) is 0 Å².